The van der Waals surface area contributed by atoms with Crippen molar-refractivity contribution < 1.29 is 4.39 Å². The van der Waals surface area contributed by atoms with Crippen molar-refractivity contribution in [2.75, 3.05) is 0 Å². The predicted molar refractivity (Wildman–Crippen MR) is 48.2 cm³/mol. The molecule has 2 heterocycles. The van der Waals surface area contributed by atoms with Crippen molar-refractivity contribution in [1.29, 1.82) is 0 Å². The normalized spacial score (nSPS) is 11.0. The molecule has 0 radical (unpaired) electrons. The van der Waals surface area contributed by atoms with E-state index in [-0.39, 0.29) is 5.02 Å². The van der Waals surface area contributed by atoms with E-state index in [1.54, 1.807) is 10.9 Å². The van der Waals surface area contributed by atoms with Gasteiger partial charge in [-0.2, -0.15) is 5.10 Å². The molecule has 0 bridgehead atoms. The average Bonchev–Trinajstić information content (AvgIpc) is 2.55. The van der Waals surface area contributed by atoms with Crippen molar-refractivity contribution in [2.24, 2.45) is 0 Å². The summed E-state index contributed by atoms with van der Waals surface area (Å²) in [6.45, 7) is 2.66. The fourth-order valence-corrected chi connectivity index (χ4v) is 1.30. The van der Waals surface area contributed by atoms with Gasteiger partial charge in [0.15, 0.2) is 5.82 Å². The molecule has 0 amide bonds. The van der Waals surface area contributed by atoms with Gasteiger partial charge in [-0.1, -0.05) is 11.6 Å². The molecular weight excluding hydrogens is 193 g/mol. The van der Waals surface area contributed by atoms with Crippen LogP contribution in [0.2, 0.25) is 5.02 Å². The molecule has 0 saturated carbocycles. The molecule has 0 N–H and O–H groups in total. The summed E-state index contributed by atoms with van der Waals surface area (Å²) < 4.78 is 14.6. The third kappa shape index (κ3) is 1.27. The van der Waals surface area contributed by atoms with Crippen molar-refractivity contribution in [3.05, 3.63) is 23.2 Å². The number of hydrogen-bond acceptors (Lipinski definition) is 2. The number of fused-ring (bicyclic) bond motifs is 1. The van der Waals surface area contributed by atoms with Gasteiger partial charge in [0, 0.05) is 6.54 Å². The summed E-state index contributed by atoms with van der Waals surface area (Å²) in [6.07, 6.45) is 2.84. The van der Waals surface area contributed by atoms with Crippen LogP contribution in [0.15, 0.2) is 12.4 Å². The van der Waals surface area contributed by atoms with Crippen LogP contribution in [0.5, 0.6) is 0 Å². The zero-order valence-electron chi connectivity index (χ0n) is 6.96. The second-order valence-electron chi connectivity index (χ2n) is 2.64. The summed E-state index contributed by atoms with van der Waals surface area (Å²) in [6, 6.07) is 0. The molecular formula is C8H7ClFN3. The van der Waals surface area contributed by atoms with E-state index in [2.05, 4.69) is 10.1 Å². The van der Waals surface area contributed by atoms with Gasteiger partial charge in [-0.3, -0.25) is 4.68 Å². The highest BCUT2D eigenvalue weighted by Crippen LogP contribution is 2.22. The topological polar surface area (TPSA) is 30.7 Å². The Morgan fingerprint density at radius 3 is 3.08 bits per heavy atom. The lowest BCUT2D eigenvalue weighted by molar-refractivity contribution is 0.623. The summed E-state index contributed by atoms with van der Waals surface area (Å²) in [7, 11) is 0. The summed E-state index contributed by atoms with van der Waals surface area (Å²) >= 11 is 5.71. The maximum absolute atomic E-state index is 12.9. The van der Waals surface area contributed by atoms with Crippen LogP contribution in [0.3, 0.4) is 0 Å². The Morgan fingerprint density at radius 1 is 1.62 bits per heavy atom. The first-order valence-electron chi connectivity index (χ1n) is 3.89. The Balaban J connectivity index is 2.76. The number of halogens is 2. The molecule has 3 nitrogen and oxygen atoms in total. The Kier molecular flexibility index (Phi) is 1.92. The molecule has 2 aromatic heterocycles. The van der Waals surface area contributed by atoms with E-state index in [4.69, 9.17) is 11.6 Å². The van der Waals surface area contributed by atoms with Gasteiger partial charge >= 0.3 is 0 Å². The number of aromatic nitrogens is 3. The second-order valence-corrected chi connectivity index (χ2v) is 3.02. The first-order chi connectivity index (χ1) is 6.22. The van der Waals surface area contributed by atoms with Gasteiger partial charge < -0.3 is 0 Å². The third-order valence-electron chi connectivity index (χ3n) is 1.80. The molecule has 0 fully saturated rings. The van der Waals surface area contributed by atoms with Crippen LogP contribution in [-0.4, -0.2) is 14.8 Å². The summed E-state index contributed by atoms with van der Waals surface area (Å²) in [5, 5.41) is 4.11. The smallest absolute Gasteiger partial charge is 0.162 e. The molecule has 0 aliphatic carbocycles. The van der Waals surface area contributed by atoms with Crippen molar-refractivity contribution in [2.45, 2.75) is 13.5 Å². The van der Waals surface area contributed by atoms with E-state index in [9.17, 15) is 4.39 Å². The van der Waals surface area contributed by atoms with E-state index in [1.165, 1.54) is 0 Å². The number of aryl methyl sites for hydroxylation is 1. The largest absolute Gasteiger partial charge is 0.270 e. The lowest BCUT2D eigenvalue weighted by Gasteiger charge is -1.92. The molecule has 0 spiro atoms. The molecule has 2 rings (SSSR count). The van der Waals surface area contributed by atoms with Gasteiger partial charge in [0.25, 0.3) is 0 Å². The molecule has 5 heteroatoms. The lowest BCUT2D eigenvalue weighted by atomic mass is 10.4. The number of rotatable bonds is 1. The maximum Gasteiger partial charge on any atom is 0.162 e. The minimum atomic E-state index is -0.532. The van der Waals surface area contributed by atoms with E-state index in [0.29, 0.717) is 17.6 Å². The highest BCUT2D eigenvalue weighted by molar-refractivity contribution is 6.34. The molecule has 0 unspecified atom stereocenters. The van der Waals surface area contributed by atoms with Crippen LogP contribution in [0.1, 0.15) is 6.92 Å². The fourth-order valence-electron chi connectivity index (χ4n) is 1.12. The van der Waals surface area contributed by atoms with Crippen LogP contribution >= 0.6 is 11.6 Å². The van der Waals surface area contributed by atoms with Gasteiger partial charge in [0.05, 0.1) is 12.4 Å². The molecule has 68 valence electrons. The van der Waals surface area contributed by atoms with Gasteiger partial charge in [-0.25, -0.2) is 9.37 Å². The quantitative estimate of drug-likeness (QED) is 0.705. The number of nitrogens with zero attached hydrogens (tertiary/aromatic N) is 3. The summed E-state index contributed by atoms with van der Waals surface area (Å²) in [5.41, 5.74) is 1.04. The number of hydrogen-bond donors (Lipinski definition) is 0. The Bertz CT molecular complexity index is 452. The second kappa shape index (κ2) is 2.96. The molecule has 0 saturated heterocycles. The van der Waals surface area contributed by atoms with Crippen molar-refractivity contribution in [3.63, 3.8) is 0 Å². The highest BCUT2D eigenvalue weighted by Gasteiger charge is 2.09. The van der Waals surface area contributed by atoms with E-state index in [0.717, 1.165) is 6.20 Å². The van der Waals surface area contributed by atoms with E-state index in [1.807, 2.05) is 6.92 Å². The van der Waals surface area contributed by atoms with Crippen LogP contribution in [-0.2, 0) is 6.54 Å². The molecule has 13 heavy (non-hydrogen) atoms. The lowest BCUT2D eigenvalue weighted by Crippen LogP contribution is -1.92. The zero-order chi connectivity index (χ0) is 9.42. The monoisotopic (exact) mass is 199 g/mol. The standard InChI is InChI=1S/C8H7ClFN3/c1-2-13-4-6-8(12-13)7(9)5(10)3-11-6/h3-4H,2H2,1H3. The summed E-state index contributed by atoms with van der Waals surface area (Å²) in [4.78, 5) is 3.87. The molecule has 0 aromatic carbocycles. The molecule has 0 atom stereocenters. The zero-order valence-corrected chi connectivity index (χ0v) is 7.72. The fraction of sp³-hybridized carbons (Fsp3) is 0.250. The molecule has 0 aliphatic rings. The maximum atomic E-state index is 12.9. The SMILES string of the molecule is CCn1cc2ncc(F)c(Cl)c2n1. The minimum absolute atomic E-state index is 0.0391. The number of pyridine rings is 1. The van der Waals surface area contributed by atoms with Crippen LogP contribution in [0.4, 0.5) is 4.39 Å². The van der Waals surface area contributed by atoms with Crippen LogP contribution in [0, 0.1) is 5.82 Å². The van der Waals surface area contributed by atoms with E-state index < -0.39 is 5.82 Å². The predicted octanol–water partition coefficient (Wildman–Crippen LogP) is 2.24. The van der Waals surface area contributed by atoms with Crippen molar-refractivity contribution in [1.82, 2.24) is 14.8 Å². The Labute approximate surface area is 79.1 Å². The Hall–Kier alpha value is -1.16. The average molecular weight is 200 g/mol. The van der Waals surface area contributed by atoms with Crippen molar-refractivity contribution >= 4 is 22.6 Å². The molecule has 0 aliphatic heterocycles. The Morgan fingerprint density at radius 2 is 2.38 bits per heavy atom. The minimum Gasteiger partial charge on any atom is -0.270 e. The van der Waals surface area contributed by atoms with Gasteiger partial charge in [0.1, 0.15) is 16.1 Å². The van der Waals surface area contributed by atoms with Crippen LogP contribution in [0.25, 0.3) is 11.0 Å². The van der Waals surface area contributed by atoms with Gasteiger partial charge in [-0.15, -0.1) is 0 Å². The van der Waals surface area contributed by atoms with Crippen LogP contribution < -0.4 is 0 Å². The summed E-state index contributed by atoms with van der Waals surface area (Å²) in [5.74, 6) is -0.532. The molecule has 2 aromatic rings. The first-order valence-corrected chi connectivity index (χ1v) is 4.27. The highest BCUT2D eigenvalue weighted by atomic mass is 35.5. The van der Waals surface area contributed by atoms with Gasteiger partial charge in [-0.05, 0) is 6.92 Å². The first kappa shape index (κ1) is 8.44. The third-order valence-corrected chi connectivity index (χ3v) is 2.16. The van der Waals surface area contributed by atoms with Gasteiger partial charge in [0.2, 0.25) is 0 Å². The van der Waals surface area contributed by atoms with Crippen molar-refractivity contribution in [3.8, 4) is 0 Å². The van der Waals surface area contributed by atoms with E-state index >= 15 is 0 Å².